The molecule has 0 heteroatoms. The first-order valence-electron chi connectivity index (χ1n) is 4.95. The number of hydrogen-bond donors (Lipinski definition) is 0. The summed E-state index contributed by atoms with van der Waals surface area (Å²) in [5.41, 5.74) is 0. The summed E-state index contributed by atoms with van der Waals surface area (Å²) < 4.78 is 0. The van der Waals surface area contributed by atoms with Crippen LogP contribution in [0.1, 0.15) is 25.7 Å². The molecule has 10 heavy (non-hydrogen) atoms. The summed E-state index contributed by atoms with van der Waals surface area (Å²) in [4.78, 5) is 0. The summed E-state index contributed by atoms with van der Waals surface area (Å²) >= 11 is 0. The first kappa shape index (κ1) is 4.79. The van der Waals surface area contributed by atoms with Crippen molar-refractivity contribution in [1.82, 2.24) is 0 Å². The van der Waals surface area contributed by atoms with E-state index in [1.165, 1.54) is 35.5 Å². The van der Waals surface area contributed by atoms with Gasteiger partial charge in [0, 0.05) is 0 Å². The van der Waals surface area contributed by atoms with E-state index in [1.807, 2.05) is 0 Å². The highest BCUT2D eigenvalue weighted by atomic mass is 14.7. The third-order valence-electron chi connectivity index (χ3n) is 5.04. The average molecular weight is 134 g/mol. The average Bonchev–Trinajstić information content (AvgIpc) is 2.38. The van der Waals surface area contributed by atoms with Gasteiger partial charge in [0.05, 0.1) is 0 Å². The molecule has 0 amide bonds. The van der Waals surface area contributed by atoms with Crippen molar-refractivity contribution in [1.29, 1.82) is 0 Å². The van der Waals surface area contributed by atoms with E-state index < -0.39 is 0 Å². The fourth-order valence-corrected chi connectivity index (χ4v) is 4.76. The van der Waals surface area contributed by atoms with Crippen molar-refractivity contribution in [2.75, 3.05) is 0 Å². The van der Waals surface area contributed by atoms with Crippen LogP contribution in [0.4, 0.5) is 0 Å². The zero-order valence-corrected chi connectivity index (χ0v) is 6.29. The van der Waals surface area contributed by atoms with Gasteiger partial charge in [0.1, 0.15) is 0 Å². The summed E-state index contributed by atoms with van der Waals surface area (Å²) in [7, 11) is 0. The van der Waals surface area contributed by atoms with Gasteiger partial charge >= 0.3 is 0 Å². The van der Waals surface area contributed by atoms with Gasteiger partial charge in [-0.2, -0.15) is 0 Å². The Morgan fingerprint density at radius 2 is 1.60 bits per heavy atom. The quantitative estimate of drug-likeness (QED) is 0.477. The second kappa shape index (κ2) is 1.19. The molecule has 0 heterocycles. The van der Waals surface area contributed by atoms with E-state index in [0.717, 1.165) is 0 Å². The summed E-state index contributed by atoms with van der Waals surface area (Å²) in [6, 6.07) is 0. The Kier molecular flexibility index (Phi) is 0.570. The van der Waals surface area contributed by atoms with E-state index in [-0.39, 0.29) is 0 Å². The molecule has 0 spiro atoms. The SMILES string of the molecule is C1CC2C3CC4C(CC13)C24. The highest BCUT2D eigenvalue weighted by molar-refractivity contribution is 5.16. The molecule has 0 nitrogen and oxygen atoms in total. The Hall–Kier alpha value is 0. The number of rotatable bonds is 0. The standard InChI is InChI=1S/C10H14/c1-2-6-7-4-9-8(10(6)9)3-5(1)7/h5-10H,1-4H2. The lowest BCUT2D eigenvalue weighted by Gasteiger charge is -2.28. The van der Waals surface area contributed by atoms with Crippen molar-refractivity contribution >= 4 is 0 Å². The molecule has 0 aromatic rings. The van der Waals surface area contributed by atoms with E-state index >= 15 is 0 Å². The van der Waals surface area contributed by atoms with E-state index in [0.29, 0.717) is 0 Å². The molecule has 0 N–H and O–H groups in total. The molecule has 0 saturated heterocycles. The minimum atomic E-state index is 1.21. The van der Waals surface area contributed by atoms with Gasteiger partial charge in [-0.05, 0) is 61.2 Å². The second-order valence-electron chi connectivity index (χ2n) is 5.04. The van der Waals surface area contributed by atoms with Crippen LogP contribution in [0.3, 0.4) is 0 Å². The molecule has 0 radical (unpaired) electrons. The van der Waals surface area contributed by atoms with Crippen molar-refractivity contribution in [2.24, 2.45) is 35.5 Å². The topological polar surface area (TPSA) is 0 Å². The van der Waals surface area contributed by atoms with Crippen molar-refractivity contribution in [3.05, 3.63) is 0 Å². The second-order valence-corrected chi connectivity index (χ2v) is 5.04. The summed E-state index contributed by atoms with van der Waals surface area (Å²) in [6.07, 6.45) is 6.53. The third kappa shape index (κ3) is 0.320. The fraction of sp³-hybridized carbons (Fsp3) is 1.00. The molecule has 6 atom stereocenters. The van der Waals surface area contributed by atoms with Crippen LogP contribution in [-0.4, -0.2) is 0 Å². The lowest BCUT2D eigenvalue weighted by molar-refractivity contribution is 0.203. The van der Waals surface area contributed by atoms with Crippen LogP contribution in [0.15, 0.2) is 0 Å². The van der Waals surface area contributed by atoms with Crippen LogP contribution in [0.2, 0.25) is 0 Å². The van der Waals surface area contributed by atoms with Crippen molar-refractivity contribution in [3.8, 4) is 0 Å². The Morgan fingerprint density at radius 3 is 2.40 bits per heavy atom. The molecule has 0 aliphatic heterocycles. The Labute approximate surface area is 62.0 Å². The maximum atomic E-state index is 1.66. The largest absolute Gasteiger partial charge is 0.0499 e. The van der Waals surface area contributed by atoms with Crippen LogP contribution >= 0.6 is 0 Å². The van der Waals surface area contributed by atoms with Gasteiger partial charge < -0.3 is 0 Å². The fourth-order valence-electron chi connectivity index (χ4n) is 4.76. The van der Waals surface area contributed by atoms with E-state index in [4.69, 9.17) is 0 Å². The molecule has 6 bridgehead atoms. The summed E-state index contributed by atoms with van der Waals surface area (Å²) in [5.74, 6) is 7.47. The first-order valence-corrected chi connectivity index (χ1v) is 4.95. The molecule has 0 aromatic heterocycles. The smallest absolute Gasteiger partial charge is 0.0321 e. The van der Waals surface area contributed by atoms with Crippen molar-refractivity contribution < 1.29 is 0 Å². The maximum Gasteiger partial charge on any atom is -0.0321 e. The van der Waals surface area contributed by atoms with E-state index in [1.54, 1.807) is 25.7 Å². The van der Waals surface area contributed by atoms with Gasteiger partial charge in [0.2, 0.25) is 0 Å². The minimum Gasteiger partial charge on any atom is -0.0499 e. The van der Waals surface area contributed by atoms with Gasteiger partial charge in [0.15, 0.2) is 0 Å². The zero-order chi connectivity index (χ0) is 6.29. The van der Waals surface area contributed by atoms with Crippen LogP contribution in [0.25, 0.3) is 0 Å². The first-order chi connectivity index (χ1) is 4.95. The molecule has 54 valence electrons. The Balaban J connectivity index is 1.89. The minimum absolute atomic E-state index is 1.21. The van der Waals surface area contributed by atoms with E-state index in [9.17, 15) is 0 Å². The van der Waals surface area contributed by atoms with Crippen molar-refractivity contribution in [3.63, 3.8) is 0 Å². The predicted octanol–water partition coefficient (Wildman–Crippen LogP) is 2.30. The molecule has 5 aliphatic carbocycles. The van der Waals surface area contributed by atoms with Gasteiger partial charge in [-0.15, -0.1) is 0 Å². The lowest BCUT2D eigenvalue weighted by Crippen LogP contribution is -2.21. The third-order valence-corrected chi connectivity index (χ3v) is 5.04. The molecular weight excluding hydrogens is 120 g/mol. The summed E-state index contributed by atoms with van der Waals surface area (Å²) in [6.45, 7) is 0. The monoisotopic (exact) mass is 134 g/mol. The van der Waals surface area contributed by atoms with Gasteiger partial charge in [-0.1, -0.05) is 0 Å². The van der Waals surface area contributed by atoms with Gasteiger partial charge in [0.25, 0.3) is 0 Å². The normalized spacial score (nSPS) is 74.4. The van der Waals surface area contributed by atoms with Crippen LogP contribution < -0.4 is 0 Å². The highest BCUT2D eigenvalue weighted by Crippen LogP contribution is 2.75. The number of hydrogen-bond acceptors (Lipinski definition) is 0. The Bertz CT molecular complexity index is 194. The summed E-state index contributed by atoms with van der Waals surface area (Å²) in [5, 5.41) is 0. The molecule has 5 fully saturated rings. The zero-order valence-electron chi connectivity index (χ0n) is 6.29. The molecular formula is C10H14. The maximum absolute atomic E-state index is 1.66. The van der Waals surface area contributed by atoms with Crippen LogP contribution in [0, 0.1) is 35.5 Å². The van der Waals surface area contributed by atoms with Gasteiger partial charge in [-0.25, -0.2) is 0 Å². The molecule has 6 unspecified atom stereocenters. The van der Waals surface area contributed by atoms with Gasteiger partial charge in [-0.3, -0.25) is 0 Å². The van der Waals surface area contributed by atoms with Crippen molar-refractivity contribution in [2.45, 2.75) is 25.7 Å². The van der Waals surface area contributed by atoms with E-state index in [2.05, 4.69) is 0 Å². The Morgan fingerprint density at radius 1 is 0.700 bits per heavy atom. The highest BCUT2D eigenvalue weighted by Gasteiger charge is 2.68. The predicted molar refractivity (Wildman–Crippen MR) is 39.4 cm³/mol. The molecule has 5 rings (SSSR count). The van der Waals surface area contributed by atoms with Crippen LogP contribution in [0.5, 0.6) is 0 Å². The van der Waals surface area contributed by atoms with Crippen LogP contribution in [-0.2, 0) is 0 Å². The molecule has 5 saturated carbocycles. The molecule has 0 aromatic carbocycles. The lowest BCUT2D eigenvalue weighted by atomic mass is 9.77. The molecule has 5 aliphatic rings.